The smallest absolute Gasteiger partial charge is 0.271 e. The summed E-state index contributed by atoms with van der Waals surface area (Å²) in [5.41, 5.74) is 6.04. The van der Waals surface area contributed by atoms with Crippen LogP contribution in [-0.2, 0) is 0 Å². The summed E-state index contributed by atoms with van der Waals surface area (Å²) in [4.78, 5) is 11.2. The predicted molar refractivity (Wildman–Crippen MR) is 68.0 cm³/mol. The lowest BCUT2D eigenvalue weighted by atomic mass is 10.2. The fraction of sp³-hybridized carbons (Fsp3) is 0.545. The van der Waals surface area contributed by atoms with Gasteiger partial charge in [0.2, 0.25) is 0 Å². The molecule has 1 amide bonds. The first-order valence-electron chi connectivity index (χ1n) is 5.69. The third-order valence-corrected chi connectivity index (χ3v) is 2.09. The standard InChI is InChI=1S/C11H19N5O/c1-4-13-9-5-8(14-6-7(2)3)10(11(12)17)16-15-9/h5,7H,4,6H2,1-3H3,(H2,12,17)(H2,13,14,15). The van der Waals surface area contributed by atoms with Gasteiger partial charge in [-0.2, -0.15) is 0 Å². The Morgan fingerprint density at radius 2 is 2.12 bits per heavy atom. The van der Waals surface area contributed by atoms with Crippen molar-refractivity contribution in [1.29, 1.82) is 0 Å². The highest BCUT2D eigenvalue weighted by Gasteiger charge is 2.12. The molecule has 0 unspecified atom stereocenters. The summed E-state index contributed by atoms with van der Waals surface area (Å²) >= 11 is 0. The third-order valence-electron chi connectivity index (χ3n) is 2.09. The van der Waals surface area contributed by atoms with Gasteiger partial charge < -0.3 is 16.4 Å². The summed E-state index contributed by atoms with van der Waals surface area (Å²) in [6, 6.07) is 1.75. The van der Waals surface area contributed by atoms with Crippen molar-refractivity contribution in [2.45, 2.75) is 20.8 Å². The van der Waals surface area contributed by atoms with Gasteiger partial charge in [0.25, 0.3) is 5.91 Å². The molecule has 6 heteroatoms. The van der Waals surface area contributed by atoms with Gasteiger partial charge in [-0.15, -0.1) is 10.2 Å². The van der Waals surface area contributed by atoms with E-state index in [4.69, 9.17) is 5.73 Å². The lowest BCUT2D eigenvalue weighted by Gasteiger charge is -2.12. The number of rotatable bonds is 6. The zero-order valence-electron chi connectivity index (χ0n) is 10.4. The van der Waals surface area contributed by atoms with Crippen LogP contribution in [0.15, 0.2) is 6.07 Å². The molecule has 1 aromatic rings. The van der Waals surface area contributed by atoms with E-state index in [1.807, 2.05) is 6.92 Å². The Kier molecular flexibility index (Phi) is 4.68. The van der Waals surface area contributed by atoms with Crippen LogP contribution in [0.5, 0.6) is 0 Å². The van der Waals surface area contributed by atoms with Crippen LogP contribution in [0.2, 0.25) is 0 Å². The molecule has 0 fully saturated rings. The first-order valence-corrected chi connectivity index (χ1v) is 5.69. The van der Waals surface area contributed by atoms with Crippen molar-refractivity contribution in [2.24, 2.45) is 11.7 Å². The summed E-state index contributed by atoms with van der Waals surface area (Å²) in [5.74, 6) is 0.516. The minimum Gasteiger partial charge on any atom is -0.383 e. The maximum atomic E-state index is 11.2. The maximum absolute atomic E-state index is 11.2. The Morgan fingerprint density at radius 3 is 2.65 bits per heavy atom. The predicted octanol–water partition coefficient (Wildman–Crippen LogP) is 1.08. The molecule has 94 valence electrons. The van der Waals surface area contributed by atoms with Crippen molar-refractivity contribution in [3.63, 3.8) is 0 Å². The van der Waals surface area contributed by atoms with Gasteiger partial charge in [0, 0.05) is 19.2 Å². The number of aromatic nitrogens is 2. The van der Waals surface area contributed by atoms with Crippen LogP contribution in [0.25, 0.3) is 0 Å². The number of carbonyl (C=O) groups excluding carboxylic acids is 1. The van der Waals surface area contributed by atoms with Gasteiger partial charge in [-0.05, 0) is 12.8 Å². The van der Waals surface area contributed by atoms with Crippen molar-refractivity contribution < 1.29 is 4.79 Å². The van der Waals surface area contributed by atoms with Gasteiger partial charge in [-0.25, -0.2) is 0 Å². The first kappa shape index (κ1) is 13.2. The molecular weight excluding hydrogens is 218 g/mol. The maximum Gasteiger partial charge on any atom is 0.271 e. The van der Waals surface area contributed by atoms with Gasteiger partial charge >= 0.3 is 0 Å². The van der Waals surface area contributed by atoms with Crippen LogP contribution < -0.4 is 16.4 Å². The zero-order valence-corrected chi connectivity index (χ0v) is 10.4. The second-order valence-corrected chi connectivity index (χ2v) is 4.16. The van der Waals surface area contributed by atoms with Gasteiger partial charge in [0.1, 0.15) is 0 Å². The van der Waals surface area contributed by atoms with Crippen molar-refractivity contribution in [3.05, 3.63) is 11.8 Å². The van der Waals surface area contributed by atoms with Crippen LogP contribution in [0.1, 0.15) is 31.3 Å². The monoisotopic (exact) mass is 237 g/mol. The van der Waals surface area contributed by atoms with Crippen molar-refractivity contribution in [2.75, 3.05) is 23.7 Å². The van der Waals surface area contributed by atoms with E-state index in [-0.39, 0.29) is 5.69 Å². The molecule has 0 saturated carbocycles. The Labute approximate surface area is 101 Å². The number of anilines is 2. The molecule has 17 heavy (non-hydrogen) atoms. The summed E-state index contributed by atoms with van der Waals surface area (Å²) in [5, 5.41) is 13.9. The minimum atomic E-state index is -0.577. The molecule has 0 radical (unpaired) electrons. The Morgan fingerprint density at radius 1 is 1.41 bits per heavy atom. The SMILES string of the molecule is CCNc1cc(NCC(C)C)c(C(N)=O)nn1. The number of nitrogens with one attached hydrogen (secondary N) is 2. The average Bonchev–Trinajstić information content (AvgIpc) is 2.26. The number of primary amides is 1. The number of amides is 1. The van der Waals surface area contributed by atoms with Crippen molar-refractivity contribution >= 4 is 17.4 Å². The lowest BCUT2D eigenvalue weighted by molar-refractivity contribution is 0.0995. The van der Waals surface area contributed by atoms with E-state index in [9.17, 15) is 4.79 Å². The molecule has 0 bridgehead atoms. The molecule has 0 aliphatic rings. The quantitative estimate of drug-likeness (QED) is 0.688. The van der Waals surface area contributed by atoms with E-state index in [0.717, 1.165) is 13.1 Å². The van der Waals surface area contributed by atoms with E-state index in [0.29, 0.717) is 17.4 Å². The molecular formula is C11H19N5O. The molecule has 0 aromatic carbocycles. The van der Waals surface area contributed by atoms with E-state index in [1.165, 1.54) is 0 Å². The molecule has 1 aromatic heterocycles. The van der Waals surface area contributed by atoms with E-state index in [2.05, 4.69) is 34.7 Å². The highest BCUT2D eigenvalue weighted by Crippen LogP contribution is 2.16. The topological polar surface area (TPSA) is 92.9 Å². The summed E-state index contributed by atoms with van der Waals surface area (Å²) in [7, 11) is 0. The van der Waals surface area contributed by atoms with Gasteiger partial charge in [-0.1, -0.05) is 13.8 Å². The van der Waals surface area contributed by atoms with Crippen LogP contribution in [0, 0.1) is 5.92 Å². The largest absolute Gasteiger partial charge is 0.383 e. The van der Waals surface area contributed by atoms with Crippen LogP contribution in [-0.4, -0.2) is 29.2 Å². The number of hydrogen-bond donors (Lipinski definition) is 3. The fourth-order valence-corrected chi connectivity index (χ4v) is 1.29. The number of nitrogens with two attached hydrogens (primary N) is 1. The normalized spacial score (nSPS) is 10.4. The van der Waals surface area contributed by atoms with Crippen molar-refractivity contribution in [3.8, 4) is 0 Å². The lowest BCUT2D eigenvalue weighted by Crippen LogP contribution is -2.19. The Bertz CT molecular complexity index is 391. The van der Waals surface area contributed by atoms with E-state index < -0.39 is 5.91 Å². The molecule has 0 atom stereocenters. The zero-order chi connectivity index (χ0) is 12.8. The molecule has 1 rings (SSSR count). The van der Waals surface area contributed by atoms with Crippen molar-refractivity contribution in [1.82, 2.24) is 10.2 Å². The third kappa shape index (κ3) is 3.90. The van der Waals surface area contributed by atoms with Gasteiger partial charge in [0.15, 0.2) is 11.5 Å². The van der Waals surface area contributed by atoms with E-state index in [1.54, 1.807) is 6.07 Å². The van der Waals surface area contributed by atoms with Gasteiger partial charge in [-0.3, -0.25) is 4.79 Å². The van der Waals surface area contributed by atoms with Crippen LogP contribution in [0.4, 0.5) is 11.5 Å². The number of hydrogen-bond acceptors (Lipinski definition) is 5. The minimum absolute atomic E-state index is 0.173. The number of nitrogens with zero attached hydrogens (tertiary/aromatic N) is 2. The second-order valence-electron chi connectivity index (χ2n) is 4.16. The fourth-order valence-electron chi connectivity index (χ4n) is 1.29. The highest BCUT2D eigenvalue weighted by molar-refractivity contribution is 5.96. The van der Waals surface area contributed by atoms with Gasteiger partial charge in [0.05, 0.1) is 5.69 Å². The summed E-state index contributed by atoms with van der Waals surface area (Å²) in [6.07, 6.45) is 0. The van der Waals surface area contributed by atoms with E-state index >= 15 is 0 Å². The molecule has 6 nitrogen and oxygen atoms in total. The Balaban J connectivity index is 2.94. The first-order chi connectivity index (χ1) is 8.04. The average molecular weight is 237 g/mol. The number of carbonyl (C=O) groups is 1. The molecule has 1 heterocycles. The summed E-state index contributed by atoms with van der Waals surface area (Å²) in [6.45, 7) is 7.62. The molecule has 0 aliphatic carbocycles. The molecule has 0 spiro atoms. The van der Waals surface area contributed by atoms with Crippen LogP contribution in [0.3, 0.4) is 0 Å². The second kappa shape index (κ2) is 6.03. The molecule has 0 saturated heterocycles. The van der Waals surface area contributed by atoms with Crippen LogP contribution >= 0.6 is 0 Å². The molecule has 0 aliphatic heterocycles. The highest BCUT2D eigenvalue weighted by atomic mass is 16.1. The molecule has 4 N–H and O–H groups in total. The summed E-state index contributed by atoms with van der Waals surface area (Å²) < 4.78 is 0. The Hall–Kier alpha value is -1.85.